The van der Waals surface area contributed by atoms with E-state index in [-0.39, 0.29) is 5.41 Å². The Bertz CT molecular complexity index is 2950. The Balaban J connectivity index is 0.988. The molecule has 1 heteroatoms. The summed E-state index contributed by atoms with van der Waals surface area (Å²) in [6.07, 6.45) is 0. The Hall–Kier alpha value is -6.44. The van der Waals surface area contributed by atoms with E-state index in [9.17, 15) is 0 Å². The van der Waals surface area contributed by atoms with Gasteiger partial charge in [-0.05, 0) is 131 Å². The molecule has 1 aliphatic carbocycles. The van der Waals surface area contributed by atoms with Crippen molar-refractivity contribution in [1.82, 2.24) is 0 Å². The number of fused-ring (bicyclic) bond motifs is 7. The van der Waals surface area contributed by atoms with E-state index in [0.29, 0.717) is 0 Å². The molecule has 0 radical (unpaired) electrons. The minimum absolute atomic E-state index is 0.0768. The number of hydrogen-bond acceptors (Lipinski definition) is 1. The minimum atomic E-state index is -0.0768. The van der Waals surface area contributed by atoms with E-state index in [1.807, 2.05) is 0 Å². The van der Waals surface area contributed by atoms with Crippen LogP contribution in [-0.2, 0) is 5.41 Å². The van der Waals surface area contributed by atoms with Gasteiger partial charge in [-0.3, -0.25) is 0 Å². The van der Waals surface area contributed by atoms with Crippen LogP contribution in [0.3, 0.4) is 0 Å². The maximum atomic E-state index is 6.55. The maximum absolute atomic E-state index is 6.55. The van der Waals surface area contributed by atoms with Crippen molar-refractivity contribution in [3.8, 4) is 67.1 Å². The first-order chi connectivity index (χ1) is 25.5. The van der Waals surface area contributed by atoms with Gasteiger partial charge >= 0.3 is 0 Å². The maximum Gasteiger partial charge on any atom is 0.135 e. The van der Waals surface area contributed by atoms with Crippen molar-refractivity contribution in [2.45, 2.75) is 19.3 Å². The third-order valence-corrected chi connectivity index (χ3v) is 11.6. The van der Waals surface area contributed by atoms with Gasteiger partial charge in [0.05, 0.1) is 0 Å². The van der Waals surface area contributed by atoms with Crippen molar-refractivity contribution in [2.75, 3.05) is 0 Å². The van der Waals surface area contributed by atoms with Gasteiger partial charge in [-0.2, -0.15) is 0 Å². The van der Waals surface area contributed by atoms with Gasteiger partial charge in [0.15, 0.2) is 0 Å². The molecule has 0 bridgehead atoms. The second kappa shape index (κ2) is 10.8. The zero-order valence-electron chi connectivity index (χ0n) is 29.1. The zero-order chi connectivity index (χ0) is 34.6. The van der Waals surface area contributed by atoms with Crippen LogP contribution in [0.25, 0.3) is 88.0 Å². The summed E-state index contributed by atoms with van der Waals surface area (Å²) < 4.78 is 6.55. The molecule has 1 nitrogen and oxygen atoms in total. The Labute approximate surface area is 303 Å². The lowest BCUT2D eigenvalue weighted by Gasteiger charge is -2.23. The monoisotopic (exact) mass is 662 g/mol. The second-order valence-electron chi connectivity index (χ2n) is 14.9. The highest BCUT2D eigenvalue weighted by Crippen LogP contribution is 2.52. The number of benzene rings is 9. The van der Waals surface area contributed by atoms with Crippen LogP contribution in [0.5, 0.6) is 11.5 Å². The summed E-state index contributed by atoms with van der Waals surface area (Å²) in [5, 5.41) is 7.48. The fraction of sp³-hybridized carbons (Fsp3) is 0.0588. The standard InChI is InChI=1S/C51H34O/c1-51(2)46-30-37(19-22-41(46)44-27-32-12-6-7-13-33(32)29-47(44)51)38-15-8-14-36-26-34(18-21-40(36)38)35-20-24-48-45(28-35)43-17-9-16-42-39(31-10-4-3-5-11-31)23-25-49(52-48)50(42)43/h3-30H,1-2H3. The molecule has 0 saturated carbocycles. The van der Waals surface area contributed by atoms with Crippen molar-refractivity contribution in [3.05, 3.63) is 181 Å². The largest absolute Gasteiger partial charge is 0.456 e. The molecule has 0 amide bonds. The van der Waals surface area contributed by atoms with Gasteiger partial charge in [-0.25, -0.2) is 0 Å². The van der Waals surface area contributed by atoms with Gasteiger partial charge in [0.2, 0.25) is 0 Å². The number of ether oxygens (including phenoxy) is 1. The first-order valence-electron chi connectivity index (χ1n) is 18.2. The van der Waals surface area contributed by atoms with Crippen molar-refractivity contribution >= 4 is 32.3 Å². The average molecular weight is 663 g/mol. The third-order valence-electron chi connectivity index (χ3n) is 11.6. The van der Waals surface area contributed by atoms with Crippen LogP contribution in [0.4, 0.5) is 0 Å². The molecule has 11 rings (SSSR count). The van der Waals surface area contributed by atoms with Crippen LogP contribution in [-0.4, -0.2) is 0 Å². The summed E-state index contributed by atoms with van der Waals surface area (Å²) in [5.41, 5.74) is 15.1. The van der Waals surface area contributed by atoms with Crippen molar-refractivity contribution in [1.29, 1.82) is 0 Å². The molecular formula is C51H34O. The Morgan fingerprint density at radius 1 is 0.346 bits per heavy atom. The van der Waals surface area contributed by atoms with Gasteiger partial charge in [0, 0.05) is 16.4 Å². The molecule has 0 N–H and O–H groups in total. The highest BCUT2D eigenvalue weighted by atomic mass is 16.5. The fourth-order valence-corrected chi connectivity index (χ4v) is 8.98. The molecule has 52 heavy (non-hydrogen) atoms. The normalized spacial score (nSPS) is 13.5. The van der Waals surface area contributed by atoms with Crippen LogP contribution in [0, 0.1) is 0 Å². The predicted molar refractivity (Wildman–Crippen MR) is 218 cm³/mol. The summed E-state index contributed by atoms with van der Waals surface area (Å²) in [4.78, 5) is 0. The van der Waals surface area contributed by atoms with E-state index in [0.717, 1.165) is 17.1 Å². The lowest BCUT2D eigenvalue weighted by molar-refractivity contribution is 0.487. The van der Waals surface area contributed by atoms with E-state index in [2.05, 4.69) is 184 Å². The first-order valence-corrected chi connectivity index (χ1v) is 18.2. The quantitative estimate of drug-likeness (QED) is 0.183. The van der Waals surface area contributed by atoms with Crippen LogP contribution in [0.1, 0.15) is 25.0 Å². The van der Waals surface area contributed by atoms with Crippen LogP contribution in [0.2, 0.25) is 0 Å². The number of rotatable bonds is 3. The molecule has 0 fully saturated rings. The van der Waals surface area contributed by atoms with Crippen molar-refractivity contribution in [3.63, 3.8) is 0 Å². The molecule has 0 atom stereocenters. The van der Waals surface area contributed by atoms with Gasteiger partial charge < -0.3 is 4.74 Å². The van der Waals surface area contributed by atoms with Gasteiger partial charge in [0.25, 0.3) is 0 Å². The first kappa shape index (κ1) is 29.3. The lowest BCUT2D eigenvalue weighted by Crippen LogP contribution is -2.15. The Kier molecular flexibility index (Phi) is 6.08. The molecule has 0 saturated heterocycles. The fourth-order valence-electron chi connectivity index (χ4n) is 8.98. The molecule has 1 heterocycles. The third kappa shape index (κ3) is 4.23. The molecule has 0 spiro atoms. The highest BCUT2D eigenvalue weighted by molar-refractivity contribution is 6.10. The van der Waals surface area contributed by atoms with Crippen molar-refractivity contribution < 1.29 is 4.74 Å². The smallest absolute Gasteiger partial charge is 0.135 e. The molecule has 9 aromatic rings. The van der Waals surface area contributed by atoms with E-state index in [1.165, 1.54) is 93.5 Å². The topological polar surface area (TPSA) is 9.23 Å². The summed E-state index contributed by atoms with van der Waals surface area (Å²) in [6, 6.07) is 62.4. The summed E-state index contributed by atoms with van der Waals surface area (Å²) in [7, 11) is 0. The molecule has 244 valence electrons. The average Bonchev–Trinajstić information content (AvgIpc) is 3.41. The molecule has 0 unspecified atom stereocenters. The molecule has 1 aliphatic heterocycles. The van der Waals surface area contributed by atoms with E-state index in [1.54, 1.807) is 0 Å². The SMILES string of the molecule is CC1(C)c2cc(-c3cccc4cc(-c5ccc6c(c5)-c5cccc7c(-c8ccccc8)ccc(c57)O6)ccc34)ccc2-c2cc3ccccc3cc21. The summed E-state index contributed by atoms with van der Waals surface area (Å²) in [5.74, 6) is 1.81. The Morgan fingerprint density at radius 2 is 1.00 bits per heavy atom. The van der Waals surface area contributed by atoms with Gasteiger partial charge in [0.1, 0.15) is 11.5 Å². The predicted octanol–water partition coefficient (Wildman–Crippen LogP) is 14.2. The van der Waals surface area contributed by atoms with E-state index < -0.39 is 0 Å². The van der Waals surface area contributed by atoms with E-state index in [4.69, 9.17) is 4.74 Å². The molecular weight excluding hydrogens is 629 g/mol. The van der Waals surface area contributed by atoms with Crippen LogP contribution >= 0.6 is 0 Å². The van der Waals surface area contributed by atoms with E-state index >= 15 is 0 Å². The molecule has 0 aromatic heterocycles. The minimum Gasteiger partial charge on any atom is -0.456 e. The molecule has 9 aromatic carbocycles. The second-order valence-corrected chi connectivity index (χ2v) is 14.9. The lowest BCUT2D eigenvalue weighted by atomic mass is 9.81. The zero-order valence-corrected chi connectivity index (χ0v) is 29.1. The van der Waals surface area contributed by atoms with Gasteiger partial charge in [-0.15, -0.1) is 0 Å². The number of hydrogen-bond donors (Lipinski definition) is 0. The summed E-state index contributed by atoms with van der Waals surface area (Å²) in [6.45, 7) is 4.74. The Morgan fingerprint density at radius 3 is 1.88 bits per heavy atom. The van der Waals surface area contributed by atoms with Crippen molar-refractivity contribution in [2.24, 2.45) is 0 Å². The highest BCUT2D eigenvalue weighted by Gasteiger charge is 2.36. The van der Waals surface area contributed by atoms with Crippen LogP contribution < -0.4 is 4.74 Å². The van der Waals surface area contributed by atoms with Gasteiger partial charge in [-0.1, -0.05) is 141 Å². The van der Waals surface area contributed by atoms with Crippen LogP contribution in [0.15, 0.2) is 170 Å². The summed E-state index contributed by atoms with van der Waals surface area (Å²) >= 11 is 0. The molecule has 2 aliphatic rings.